The van der Waals surface area contributed by atoms with E-state index in [0.29, 0.717) is 5.69 Å². The summed E-state index contributed by atoms with van der Waals surface area (Å²) in [6, 6.07) is 5.80. The fourth-order valence-corrected chi connectivity index (χ4v) is 1.60. The van der Waals surface area contributed by atoms with Crippen molar-refractivity contribution in [3.63, 3.8) is 0 Å². The van der Waals surface area contributed by atoms with E-state index in [-0.39, 0.29) is 12.0 Å². The molecule has 5 heteroatoms. The average Bonchev–Trinajstić information content (AvgIpc) is 2.13. The van der Waals surface area contributed by atoms with E-state index in [4.69, 9.17) is 11.0 Å². The zero-order chi connectivity index (χ0) is 13.1. The van der Waals surface area contributed by atoms with E-state index < -0.39 is 17.3 Å². The van der Waals surface area contributed by atoms with Gasteiger partial charge >= 0.3 is 0 Å². The second-order valence-electron chi connectivity index (χ2n) is 4.49. The summed E-state index contributed by atoms with van der Waals surface area (Å²) in [4.78, 5) is 10.9. The molecule has 1 aromatic rings. The first kappa shape index (κ1) is 13.0. The Kier molecular flexibility index (Phi) is 3.69. The third kappa shape index (κ3) is 4.11. The molecule has 0 unspecified atom stereocenters. The molecule has 0 aliphatic heterocycles. The largest absolute Gasteiger partial charge is 0.380 e. The van der Waals surface area contributed by atoms with E-state index >= 15 is 0 Å². The lowest BCUT2D eigenvalue weighted by atomic mass is 9.99. The summed E-state index contributed by atoms with van der Waals surface area (Å²) in [5.74, 6) is -0.944. The molecule has 1 rings (SSSR count). The molecule has 17 heavy (non-hydrogen) atoms. The maximum atomic E-state index is 13.2. The summed E-state index contributed by atoms with van der Waals surface area (Å²) < 4.78 is 13.2. The van der Waals surface area contributed by atoms with Crippen LogP contribution >= 0.6 is 0 Å². The minimum absolute atomic E-state index is 0.116. The lowest BCUT2D eigenvalue weighted by Crippen LogP contribution is -2.36. The van der Waals surface area contributed by atoms with Gasteiger partial charge in [0.05, 0.1) is 11.6 Å². The fourth-order valence-electron chi connectivity index (χ4n) is 1.60. The lowest BCUT2D eigenvalue weighted by molar-refractivity contribution is -0.118. The van der Waals surface area contributed by atoms with Gasteiger partial charge in [-0.25, -0.2) is 4.39 Å². The van der Waals surface area contributed by atoms with Crippen LogP contribution in [0.25, 0.3) is 0 Å². The molecular weight excluding hydrogens is 221 g/mol. The molecule has 1 amide bonds. The van der Waals surface area contributed by atoms with Crippen LogP contribution in [0, 0.1) is 17.1 Å². The smallest absolute Gasteiger partial charge is 0.219 e. The Morgan fingerprint density at radius 1 is 1.53 bits per heavy atom. The highest BCUT2D eigenvalue weighted by Gasteiger charge is 2.20. The predicted octanol–water partition coefficient (Wildman–Crippen LogP) is 1.76. The molecule has 0 fully saturated rings. The van der Waals surface area contributed by atoms with Crippen LogP contribution in [0.3, 0.4) is 0 Å². The highest BCUT2D eigenvalue weighted by molar-refractivity contribution is 5.75. The molecule has 0 heterocycles. The summed E-state index contributed by atoms with van der Waals surface area (Å²) in [5.41, 5.74) is 5.20. The lowest BCUT2D eigenvalue weighted by Gasteiger charge is -2.26. The molecule has 90 valence electrons. The zero-order valence-corrected chi connectivity index (χ0v) is 9.75. The number of nitrogens with zero attached hydrogens (tertiary/aromatic N) is 1. The van der Waals surface area contributed by atoms with Crippen LogP contribution < -0.4 is 11.1 Å². The van der Waals surface area contributed by atoms with Gasteiger partial charge in [-0.1, -0.05) is 0 Å². The minimum Gasteiger partial charge on any atom is -0.380 e. The molecular formula is C12H14FN3O. The van der Waals surface area contributed by atoms with Crippen molar-refractivity contribution in [1.29, 1.82) is 5.26 Å². The van der Waals surface area contributed by atoms with Crippen molar-refractivity contribution in [1.82, 2.24) is 0 Å². The van der Waals surface area contributed by atoms with Gasteiger partial charge in [-0.05, 0) is 32.0 Å². The molecule has 3 N–H and O–H groups in total. The summed E-state index contributed by atoms with van der Waals surface area (Å²) in [5, 5.41) is 11.7. The van der Waals surface area contributed by atoms with Gasteiger partial charge in [0.15, 0.2) is 0 Å². The van der Waals surface area contributed by atoms with Crippen molar-refractivity contribution in [2.24, 2.45) is 5.73 Å². The molecule has 0 atom stereocenters. The van der Waals surface area contributed by atoms with Gasteiger partial charge in [-0.15, -0.1) is 0 Å². The number of nitrogens with one attached hydrogen (secondary N) is 1. The first-order valence-electron chi connectivity index (χ1n) is 5.09. The molecule has 0 spiro atoms. The number of nitriles is 1. The highest BCUT2D eigenvalue weighted by atomic mass is 19.1. The maximum absolute atomic E-state index is 13.2. The van der Waals surface area contributed by atoms with Crippen molar-refractivity contribution in [3.05, 3.63) is 29.6 Å². The Morgan fingerprint density at radius 3 is 2.71 bits per heavy atom. The number of carbonyl (C=O) groups is 1. The van der Waals surface area contributed by atoms with E-state index in [9.17, 15) is 9.18 Å². The van der Waals surface area contributed by atoms with Crippen molar-refractivity contribution in [2.75, 3.05) is 5.32 Å². The van der Waals surface area contributed by atoms with Gasteiger partial charge in [0, 0.05) is 17.6 Å². The van der Waals surface area contributed by atoms with Gasteiger partial charge in [0.1, 0.15) is 5.82 Å². The quantitative estimate of drug-likeness (QED) is 0.834. The van der Waals surface area contributed by atoms with Crippen molar-refractivity contribution >= 4 is 11.6 Å². The first-order chi connectivity index (χ1) is 7.82. The number of anilines is 1. The second-order valence-corrected chi connectivity index (χ2v) is 4.49. The Balaban J connectivity index is 2.91. The number of primary amides is 1. The van der Waals surface area contributed by atoms with E-state index in [1.807, 2.05) is 6.07 Å². The van der Waals surface area contributed by atoms with Crippen LogP contribution in [0.5, 0.6) is 0 Å². The van der Waals surface area contributed by atoms with E-state index in [1.54, 1.807) is 13.8 Å². The third-order valence-electron chi connectivity index (χ3n) is 2.13. The number of amides is 1. The van der Waals surface area contributed by atoms with E-state index in [1.165, 1.54) is 12.1 Å². The molecule has 0 bridgehead atoms. The number of hydrogen-bond acceptors (Lipinski definition) is 3. The number of hydrogen-bond donors (Lipinski definition) is 2. The van der Waals surface area contributed by atoms with Crippen LogP contribution in [0.2, 0.25) is 0 Å². The summed E-state index contributed by atoms with van der Waals surface area (Å²) in [7, 11) is 0. The first-order valence-corrected chi connectivity index (χ1v) is 5.09. The van der Waals surface area contributed by atoms with Gasteiger partial charge in [0.25, 0.3) is 0 Å². The molecule has 0 aromatic heterocycles. The zero-order valence-electron chi connectivity index (χ0n) is 9.75. The Morgan fingerprint density at radius 2 is 2.18 bits per heavy atom. The fraction of sp³-hybridized carbons (Fsp3) is 0.333. The summed E-state index contributed by atoms with van der Waals surface area (Å²) in [6.45, 7) is 3.55. The van der Waals surface area contributed by atoms with Crippen LogP contribution in [-0.2, 0) is 4.79 Å². The number of halogens is 1. The summed E-state index contributed by atoms with van der Waals surface area (Å²) >= 11 is 0. The number of benzene rings is 1. The van der Waals surface area contributed by atoms with Gasteiger partial charge in [-0.3, -0.25) is 4.79 Å². The Hall–Kier alpha value is -2.09. The molecule has 0 radical (unpaired) electrons. The molecule has 0 saturated heterocycles. The van der Waals surface area contributed by atoms with Crippen LogP contribution in [0.15, 0.2) is 18.2 Å². The van der Waals surface area contributed by atoms with Gasteiger partial charge in [0.2, 0.25) is 5.91 Å². The average molecular weight is 235 g/mol. The SMILES string of the molecule is CC(C)(CC(N)=O)Nc1cc(F)cc(C#N)c1. The van der Waals surface area contributed by atoms with Crippen LogP contribution in [-0.4, -0.2) is 11.4 Å². The Bertz CT molecular complexity index is 477. The van der Waals surface area contributed by atoms with Crippen molar-refractivity contribution < 1.29 is 9.18 Å². The topological polar surface area (TPSA) is 78.9 Å². The number of carbonyl (C=O) groups excluding carboxylic acids is 1. The number of rotatable bonds is 4. The molecule has 4 nitrogen and oxygen atoms in total. The summed E-state index contributed by atoms with van der Waals surface area (Å²) in [6.07, 6.45) is 0.116. The van der Waals surface area contributed by atoms with E-state index in [0.717, 1.165) is 6.07 Å². The monoisotopic (exact) mass is 235 g/mol. The van der Waals surface area contributed by atoms with Crippen molar-refractivity contribution in [2.45, 2.75) is 25.8 Å². The normalized spacial score (nSPS) is 10.7. The molecule has 1 aromatic carbocycles. The highest BCUT2D eigenvalue weighted by Crippen LogP contribution is 2.20. The Labute approximate surface area is 99.2 Å². The maximum Gasteiger partial charge on any atom is 0.219 e. The predicted molar refractivity (Wildman–Crippen MR) is 62.6 cm³/mol. The van der Waals surface area contributed by atoms with Crippen LogP contribution in [0.4, 0.5) is 10.1 Å². The molecule has 0 aliphatic rings. The second kappa shape index (κ2) is 4.83. The van der Waals surface area contributed by atoms with E-state index in [2.05, 4.69) is 5.32 Å². The van der Waals surface area contributed by atoms with Crippen LogP contribution in [0.1, 0.15) is 25.8 Å². The molecule has 0 saturated carbocycles. The standard InChI is InChI=1S/C12H14FN3O/c1-12(2,6-11(15)17)16-10-4-8(7-14)3-9(13)5-10/h3-5,16H,6H2,1-2H3,(H2,15,17). The van der Waals surface area contributed by atoms with Gasteiger partial charge < -0.3 is 11.1 Å². The van der Waals surface area contributed by atoms with Gasteiger partial charge in [-0.2, -0.15) is 5.26 Å². The molecule has 0 aliphatic carbocycles. The van der Waals surface area contributed by atoms with Crippen molar-refractivity contribution in [3.8, 4) is 6.07 Å². The minimum atomic E-state index is -0.591. The number of nitrogens with two attached hydrogens (primary N) is 1. The third-order valence-corrected chi connectivity index (χ3v) is 2.13.